The molecule has 2 atom stereocenters. The maximum Gasteiger partial charge on any atom is 0.292 e. The molecular formula is C13H17ClN2O3. The van der Waals surface area contributed by atoms with Crippen molar-refractivity contribution in [3.8, 4) is 0 Å². The van der Waals surface area contributed by atoms with Crippen LogP contribution in [0, 0.1) is 16.0 Å². The summed E-state index contributed by atoms with van der Waals surface area (Å²) in [7, 11) is 0. The van der Waals surface area contributed by atoms with Crippen molar-refractivity contribution in [2.24, 2.45) is 5.92 Å². The molecule has 1 aromatic rings. The Bertz CT molecular complexity index is 467. The fourth-order valence-corrected chi connectivity index (χ4v) is 2.65. The van der Waals surface area contributed by atoms with Gasteiger partial charge in [-0.05, 0) is 25.0 Å². The minimum Gasteiger partial charge on any atom is -0.393 e. The highest BCUT2D eigenvalue weighted by molar-refractivity contribution is 6.31. The van der Waals surface area contributed by atoms with Crippen LogP contribution in [-0.4, -0.2) is 22.7 Å². The number of benzene rings is 1. The maximum atomic E-state index is 10.9. The van der Waals surface area contributed by atoms with Crippen LogP contribution < -0.4 is 5.32 Å². The van der Waals surface area contributed by atoms with Crippen LogP contribution in [0.5, 0.6) is 0 Å². The number of nitro groups is 1. The lowest BCUT2D eigenvalue weighted by Crippen LogP contribution is -2.30. The molecule has 0 bridgehead atoms. The van der Waals surface area contributed by atoms with Crippen LogP contribution in [0.1, 0.15) is 25.7 Å². The predicted molar refractivity (Wildman–Crippen MR) is 74.6 cm³/mol. The van der Waals surface area contributed by atoms with E-state index in [2.05, 4.69) is 5.32 Å². The third-order valence-corrected chi connectivity index (χ3v) is 3.81. The molecule has 2 N–H and O–H groups in total. The van der Waals surface area contributed by atoms with Gasteiger partial charge in [-0.1, -0.05) is 24.4 Å². The van der Waals surface area contributed by atoms with Crippen LogP contribution in [-0.2, 0) is 0 Å². The van der Waals surface area contributed by atoms with Gasteiger partial charge in [0, 0.05) is 23.6 Å². The van der Waals surface area contributed by atoms with Crippen molar-refractivity contribution in [2.75, 3.05) is 11.9 Å². The molecule has 0 aliphatic heterocycles. The summed E-state index contributed by atoms with van der Waals surface area (Å²) in [5.74, 6) is 0.146. The van der Waals surface area contributed by atoms with Crippen LogP contribution in [0.25, 0.3) is 0 Å². The molecule has 5 nitrogen and oxygen atoms in total. The fourth-order valence-electron chi connectivity index (χ4n) is 2.48. The van der Waals surface area contributed by atoms with Crippen molar-refractivity contribution in [1.82, 2.24) is 0 Å². The molecule has 19 heavy (non-hydrogen) atoms. The summed E-state index contributed by atoms with van der Waals surface area (Å²) >= 11 is 5.86. The Morgan fingerprint density at radius 3 is 2.84 bits per heavy atom. The lowest BCUT2D eigenvalue weighted by molar-refractivity contribution is -0.384. The number of aliphatic hydroxyl groups is 1. The summed E-state index contributed by atoms with van der Waals surface area (Å²) in [4.78, 5) is 10.5. The van der Waals surface area contributed by atoms with Gasteiger partial charge >= 0.3 is 0 Å². The van der Waals surface area contributed by atoms with Crippen molar-refractivity contribution in [3.63, 3.8) is 0 Å². The summed E-state index contributed by atoms with van der Waals surface area (Å²) in [5.41, 5.74) is 0.421. The summed E-state index contributed by atoms with van der Waals surface area (Å²) in [6, 6.07) is 4.44. The van der Waals surface area contributed by atoms with E-state index in [9.17, 15) is 15.2 Å². The van der Waals surface area contributed by atoms with Gasteiger partial charge in [0.25, 0.3) is 5.69 Å². The second-order valence-corrected chi connectivity index (χ2v) is 5.35. The molecule has 0 amide bonds. The van der Waals surface area contributed by atoms with E-state index in [1.165, 1.54) is 12.1 Å². The second kappa shape index (κ2) is 6.21. The molecule has 2 unspecified atom stereocenters. The Labute approximate surface area is 116 Å². The quantitative estimate of drug-likeness (QED) is 0.657. The van der Waals surface area contributed by atoms with Crippen molar-refractivity contribution < 1.29 is 10.0 Å². The van der Waals surface area contributed by atoms with Crippen molar-refractivity contribution in [2.45, 2.75) is 31.8 Å². The van der Waals surface area contributed by atoms with Crippen molar-refractivity contribution in [1.29, 1.82) is 0 Å². The molecule has 2 rings (SSSR count). The first kappa shape index (κ1) is 14.1. The summed E-state index contributed by atoms with van der Waals surface area (Å²) in [5, 5.41) is 24.3. The average Bonchev–Trinajstić information content (AvgIpc) is 2.37. The molecule has 0 radical (unpaired) electrons. The fraction of sp³-hybridized carbons (Fsp3) is 0.538. The van der Waals surface area contributed by atoms with Gasteiger partial charge in [0.05, 0.1) is 11.0 Å². The maximum absolute atomic E-state index is 10.9. The van der Waals surface area contributed by atoms with E-state index in [1.54, 1.807) is 6.07 Å². The Morgan fingerprint density at radius 1 is 1.42 bits per heavy atom. The molecule has 1 fully saturated rings. The summed E-state index contributed by atoms with van der Waals surface area (Å²) in [6.45, 7) is 0.530. The van der Waals surface area contributed by atoms with Crippen LogP contribution in [0.3, 0.4) is 0 Å². The molecule has 1 aromatic carbocycles. The Balaban J connectivity index is 2.05. The van der Waals surface area contributed by atoms with E-state index in [1.807, 2.05) is 0 Å². The van der Waals surface area contributed by atoms with Crippen molar-refractivity contribution >= 4 is 23.0 Å². The first-order valence-corrected chi connectivity index (χ1v) is 6.81. The highest BCUT2D eigenvalue weighted by Crippen LogP contribution is 2.29. The first-order valence-electron chi connectivity index (χ1n) is 6.44. The minimum absolute atomic E-state index is 0.00898. The van der Waals surface area contributed by atoms with Crippen molar-refractivity contribution in [3.05, 3.63) is 33.3 Å². The van der Waals surface area contributed by atoms with Gasteiger partial charge in [-0.2, -0.15) is 0 Å². The molecule has 1 saturated carbocycles. The molecule has 1 aliphatic carbocycles. The zero-order valence-corrected chi connectivity index (χ0v) is 11.3. The second-order valence-electron chi connectivity index (χ2n) is 4.91. The number of nitro benzene ring substituents is 1. The number of anilines is 1. The van der Waals surface area contributed by atoms with Gasteiger partial charge in [0.2, 0.25) is 0 Å². The Hall–Kier alpha value is -1.33. The molecule has 0 heterocycles. The number of nitrogens with one attached hydrogen (secondary N) is 1. The topological polar surface area (TPSA) is 75.4 Å². The van der Waals surface area contributed by atoms with Gasteiger partial charge in [-0.15, -0.1) is 0 Å². The van der Waals surface area contributed by atoms with E-state index in [0.29, 0.717) is 17.3 Å². The summed E-state index contributed by atoms with van der Waals surface area (Å²) < 4.78 is 0. The van der Waals surface area contributed by atoms with E-state index in [4.69, 9.17) is 11.6 Å². The highest BCUT2D eigenvalue weighted by Gasteiger charge is 2.23. The number of hydrogen-bond acceptors (Lipinski definition) is 4. The van der Waals surface area contributed by atoms with Crippen LogP contribution >= 0.6 is 11.6 Å². The number of rotatable bonds is 4. The smallest absolute Gasteiger partial charge is 0.292 e. The van der Waals surface area contributed by atoms with Crippen LogP contribution in [0.15, 0.2) is 18.2 Å². The van der Waals surface area contributed by atoms with Gasteiger partial charge in [-0.25, -0.2) is 0 Å². The normalized spacial score (nSPS) is 23.1. The number of hydrogen-bond donors (Lipinski definition) is 2. The van der Waals surface area contributed by atoms with Crippen LogP contribution in [0.4, 0.5) is 11.4 Å². The predicted octanol–water partition coefficient (Wildman–Crippen LogP) is 3.21. The SMILES string of the molecule is O=[N+]([O-])c1ccc(Cl)cc1NCC1CCCCC1O. The van der Waals surface area contributed by atoms with E-state index < -0.39 is 4.92 Å². The largest absolute Gasteiger partial charge is 0.393 e. The Morgan fingerprint density at radius 2 is 2.16 bits per heavy atom. The molecule has 0 saturated heterocycles. The molecule has 0 aromatic heterocycles. The lowest BCUT2D eigenvalue weighted by atomic mass is 9.86. The standard InChI is InChI=1S/C13H17ClN2O3/c14-10-5-6-12(16(18)19)11(7-10)15-8-9-3-1-2-4-13(9)17/h5-7,9,13,15,17H,1-4,8H2. The third-order valence-electron chi connectivity index (χ3n) is 3.58. The zero-order chi connectivity index (χ0) is 13.8. The third kappa shape index (κ3) is 3.58. The van der Waals surface area contributed by atoms with Gasteiger partial charge in [0.15, 0.2) is 0 Å². The lowest BCUT2D eigenvalue weighted by Gasteiger charge is -2.27. The number of aliphatic hydroxyl groups excluding tert-OH is 1. The molecule has 1 aliphatic rings. The zero-order valence-electron chi connectivity index (χ0n) is 10.5. The molecule has 0 spiro atoms. The first-order chi connectivity index (χ1) is 9.08. The monoisotopic (exact) mass is 284 g/mol. The number of nitrogens with zero attached hydrogens (tertiary/aromatic N) is 1. The average molecular weight is 285 g/mol. The van der Waals surface area contributed by atoms with Gasteiger partial charge < -0.3 is 10.4 Å². The Kier molecular flexibility index (Phi) is 4.61. The summed E-state index contributed by atoms with van der Waals surface area (Å²) in [6.07, 6.45) is 3.59. The van der Waals surface area contributed by atoms with E-state index >= 15 is 0 Å². The highest BCUT2D eigenvalue weighted by atomic mass is 35.5. The van der Waals surface area contributed by atoms with Crippen LogP contribution in [0.2, 0.25) is 5.02 Å². The minimum atomic E-state index is -0.435. The molecular weight excluding hydrogens is 268 g/mol. The molecule has 6 heteroatoms. The van der Waals surface area contributed by atoms with E-state index in [-0.39, 0.29) is 17.7 Å². The molecule has 104 valence electrons. The van der Waals surface area contributed by atoms with E-state index in [0.717, 1.165) is 25.7 Å². The van der Waals surface area contributed by atoms with Gasteiger partial charge in [-0.3, -0.25) is 10.1 Å². The number of halogens is 1. The van der Waals surface area contributed by atoms with Gasteiger partial charge in [0.1, 0.15) is 5.69 Å².